The van der Waals surface area contributed by atoms with Crippen molar-refractivity contribution < 1.29 is 24.1 Å². The number of hydrogen-bond donors (Lipinski definition) is 1. The Hall–Kier alpha value is -5.61. The minimum Gasteiger partial charge on any atom is -0.479 e. The molecular formula is C48H50N4O5. The summed E-state index contributed by atoms with van der Waals surface area (Å²) >= 11 is 0. The van der Waals surface area contributed by atoms with Gasteiger partial charge in [-0.2, -0.15) is 0 Å². The number of carbonyl (C=O) groups excluding carboxylic acids is 1. The first-order valence-electron chi connectivity index (χ1n) is 20.2. The van der Waals surface area contributed by atoms with Crippen LogP contribution in [0.3, 0.4) is 0 Å². The summed E-state index contributed by atoms with van der Waals surface area (Å²) in [5, 5.41) is 9.83. The van der Waals surface area contributed by atoms with Crippen molar-refractivity contribution in [2.45, 2.75) is 70.1 Å². The van der Waals surface area contributed by atoms with Crippen LogP contribution in [0.5, 0.6) is 11.5 Å². The molecule has 4 aliphatic rings. The molecule has 0 atom stereocenters. The van der Waals surface area contributed by atoms with E-state index >= 15 is 0 Å². The second-order valence-corrected chi connectivity index (χ2v) is 15.7. The largest absolute Gasteiger partial charge is 0.479 e. The van der Waals surface area contributed by atoms with Gasteiger partial charge in [0.15, 0.2) is 11.2 Å². The summed E-state index contributed by atoms with van der Waals surface area (Å²) < 4.78 is 23.0. The third-order valence-electron chi connectivity index (χ3n) is 12.1. The van der Waals surface area contributed by atoms with Crippen LogP contribution in [0.2, 0.25) is 0 Å². The normalized spacial score (nSPS) is 17.5. The van der Waals surface area contributed by atoms with E-state index in [0.717, 1.165) is 105 Å². The molecule has 0 saturated carbocycles. The van der Waals surface area contributed by atoms with E-state index in [9.17, 15) is 9.90 Å². The van der Waals surface area contributed by atoms with E-state index in [1.165, 1.54) is 23.7 Å². The maximum Gasteiger partial charge on any atom is 0.303 e. The molecule has 10 rings (SSSR count). The number of piperidine rings is 2. The lowest BCUT2D eigenvalue weighted by Gasteiger charge is -2.45. The van der Waals surface area contributed by atoms with Crippen molar-refractivity contribution in [3.8, 4) is 22.9 Å². The summed E-state index contributed by atoms with van der Waals surface area (Å²) in [7, 11) is 0. The highest BCUT2D eigenvalue weighted by molar-refractivity contribution is 5.66. The van der Waals surface area contributed by atoms with Gasteiger partial charge in [-0.25, -0.2) is 0 Å². The molecular weight excluding hydrogens is 713 g/mol. The number of aromatic nitrogens is 2. The summed E-state index contributed by atoms with van der Waals surface area (Å²) in [5.41, 5.74) is 8.30. The van der Waals surface area contributed by atoms with Crippen molar-refractivity contribution >= 4 is 5.97 Å². The van der Waals surface area contributed by atoms with Gasteiger partial charge in [0.2, 0.25) is 0 Å². The van der Waals surface area contributed by atoms with Gasteiger partial charge >= 0.3 is 5.97 Å². The Bertz CT molecular complexity index is 2320. The van der Waals surface area contributed by atoms with Crippen molar-refractivity contribution in [2.24, 2.45) is 0 Å². The van der Waals surface area contributed by atoms with Gasteiger partial charge in [0.1, 0.15) is 18.1 Å². The molecule has 6 aromatic rings. The zero-order chi connectivity index (χ0) is 38.8. The molecule has 9 nitrogen and oxygen atoms in total. The van der Waals surface area contributed by atoms with Gasteiger partial charge in [-0.05, 0) is 59.7 Å². The maximum atomic E-state index is 11.4. The topological polar surface area (TPSA) is 81.3 Å². The van der Waals surface area contributed by atoms with Crippen molar-refractivity contribution in [3.63, 3.8) is 0 Å². The first-order valence-corrected chi connectivity index (χ1v) is 20.2. The third-order valence-corrected chi connectivity index (χ3v) is 12.1. The van der Waals surface area contributed by atoms with E-state index in [4.69, 9.17) is 14.2 Å². The number of likely N-dealkylation sites (tertiary alicyclic amines) is 2. The number of carbonyl (C=O) groups is 1. The number of nitrogens with zero attached hydrogens (tertiary/aromatic N) is 4. The first kappa shape index (κ1) is 37.0. The Morgan fingerprint density at radius 3 is 1.46 bits per heavy atom. The third kappa shape index (κ3) is 7.27. The van der Waals surface area contributed by atoms with Crippen LogP contribution in [0.4, 0.5) is 0 Å². The standard InChI is InChI=1S/C25H26N2O3.C23H24N2O2/c1-19(28)29-18-21-11-12-24-25(30-23-10-6-5-9-22(23)27(21)24)13-15-26(16-14-25)17-20-7-3-2-4-8-20;26-17-19-10-11-22-23(27-21-9-5-4-8-20(21)25(19)22)12-14-24(15-13-23)16-18-6-2-1-3-7-18/h2-12H,13-18H2,1H3;1-11,26H,12-17H2. The van der Waals surface area contributed by atoms with Gasteiger partial charge in [0.25, 0.3) is 0 Å². The molecule has 1 N–H and O–H groups in total. The molecule has 6 heterocycles. The Balaban J connectivity index is 0.000000149. The SMILES string of the molecule is CC(=O)OCc1ccc2n1-c1ccccc1OC21CCN(Cc2ccccc2)CC1.OCc1ccc2n1-c1ccccc1OC21CCN(Cc2ccccc2)CC1. The fourth-order valence-electron chi connectivity index (χ4n) is 9.18. The molecule has 4 aromatic carbocycles. The Morgan fingerprint density at radius 2 is 1.00 bits per heavy atom. The predicted molar refractivity (Wildman–Crippen MR) is 219 cm³/mol. The number of rotatable bonds is 7. The Kier molecular flexibility index (Phi) is 10.2. The number of hydrogen-bond acceptors (Lipinski definition) is 7. The van der Waals surface area contributed by atoms with Crippen LogP contribution in [0, 0.1) is 0 Å². The fourth-order valence-corrected chi connectivity index (χ4v) is 9.18. The van der Waals surface area contributed by atoms with Gasteiger partial charge in [-0.1, -0.05) is 84.9 Å². The lowest BCUT2D eigenvalue weighted by molar-refractivity contribution is -0.142. The van der Waals surface area contributed by atoms with E-state index in [1.807, 2.05) is 42.5 Å². The van der Waals surface area contributed by atoms with E-state index < -0.39 is 0 Å². The van der Waals surface area contributed by atoms with Crippen LogP contribution in [-0.2, 0) is 47.0 Å². The number of aliphatic hydroxyl groups excluding tert-OH is 1. The maximum absolute atomic E-state index is 11.4. The van der Waals surface area contributed by atoms with E-state index in [-0.39, 0.29) is 30.4 Å². The summed E-state index contributed by atoms with van der Waals surface area (Å²) in [6.45, 7) is 7.63. The van der Waals surface area contributed by atoms with E-state index in [0.29, 0.717) is 0 Å². The molecule has 0 bridgehead atoms. The summed E-state index contributed by atoms with van der Waals surface area (Å²) in [4.78, 5) is 16.4. The summed E-state index contributed by atoms with van der Waals surface area (Å²) in [6, 6.07) is 45.9. The Labute approximate surface area is 334 Å². The number of benzene rings is 4. The van der Waals surface area contributed by atoms with Gasteiger partial charge in [-0.3, -0.25) is 14.6 Å². The number of aliphatic hydroxyl groups is 1. The van der Waals surface area contributed by atoms with Gasteiger partial charge in [0, 0.05) is 77.6 Å². The highest BCUT2D eigenvalue weighted by atomic mass is 16.5. The minimum atomic E-state index is -0.351. The van der Waals surface area contributed by atoms with Gasteiger partial charge in [0.05, 0.1) is 35.1 Å². The molecule has 2 spiro atoms. The lowest BCUT2D eigenvalue weighted by atomic mass is 9.86. The molecule has 0 radical (unpaired) electrons. The lowest BCUT2D eigenvalue weighted by Crippen LogP contribution is -2.48. The highest BCUT2D eigenvalue weighted by Crippen LogP contribution is 2.47. The predicted octanol–water partition coefficient (Wildman–Crippen LogP) is 8.28. The minimum absolute atomic E-state index is 0.0323. The van der Waals surface area contributed by atoms with Crippen LogP contribution >= 0.6 is 0 Å². The monoisotopic (exact) mass is 762 g/mol. The number of para-hydroxylation sites is 4. The molecule has 0 unspecified atom stereocenters. The van der Waals surface area contributed by atoms with Crippen LogP contribution in [0.1, 0.15) is 66.5 Å². The second kappa shape index (κ2) is 15.7. The van der Waals surface area contributed by atoms with E-state index in [2.05, 4.69) is 110 Å². The molecule has 2 saturated heterocycles. The average molecular weight is 763 g/mol. The average Bonchev–Trinajstić information content (AvgIpc) is 3.90. The molecule has 292 valence electrons. The van der Waals surface area contributed by atoms with Gasteiger partial charge < -0.3 is 28.5 Å². The smallest absolute Gasteiger partial charge is 0.303 e. The summed E-state index contributed by atoms with van der Waals surface area (Å²) in [6.07, 6.45) is 3.74. The zero-order valence-corrected chi connectivity index (χ0v) is 32.6. The molecule has 2 fully saturated rings. The number of fused-ring (bicyclic) bond motifs is 8. The molecule has 9 heteroatoms. The second-order valence-electron chi connectivity index (χ2n) is 15.7. The van der Waals surface area contributed by atoms with Crippen LogP contribution in [0.15, 0.2) is 133 Å². The molecule has 0 amide bonds. The summed E-state index contributed by atoms with van der Waals surface area (Å²) in [5.74, 6) is 1.53. The van der Waals surface area contributed by atoms with Crippen molar-refractivity contribution in [1.82, 2.24) is 18.9 Å². The molecule has 2 aromatic heterocycles. The fraction of sp³-hybridized carbons (Fsp3) is 0.312. The van der Waals surface area contributed by atoms with E-state index in [1.54, 1.807) is 0 Å². The Morgan fingerprint density at radius 1 is 0.579 bits per heavy atom. The zero-order valence-electron chi connectivity index (χ0n) is 32.6. The number of ether oxygens (including phenoxy) is 3. The number of esters is 1. The molecule has 57 heavy (non-hydrogen) atoms. The van der Waals surface area contributed by atoms with Crippen molar-refractivity contribution in [1.29, 1.82) is 0 Å². The van der Waals surface area contributed by atoms with Crippen molar-refractivity contribution in [2.75, 3.05) is 26.2 Å². The van der Waals surface area contributed by atoms with Crippen molar-refractivity contribution in [3.05, 3.63) is 167 Å². The van der Waals surface area contributed by atoms with Crippen LogP contribution < -0.4 is 9.47 Å². The van der Waals surface area contributed by atoms with Crippen LogP contribution in [-0.4, -0.2) is 56.2 Å². The highest BCUT2D eigenvalue weighted by Gasteiger charge is 2.46. The quantitative estimate of drug-likeness (QED) is 0.164. The first-order chi connectivity index (χ1) is 27.9. The van der Waals surface area contributed by atoms with Gasteiger partial charge in [-0.15, -0.1) is 0 Å². The molecule has 4 aliphatic heterocycles. The van der Waals surface area contributed by atoms with Crippen LogP contribution in [0.25, 0.3) is 11.4 Å². The molecule has 0 aliphatic carbocycles.